The van der Waals surface area contributed by atoms with Crippen LogP contribution in [0, 0.1) is 11.8 Å². The minimum Gasteiger partial charge on any atom is -0.305 e. The molecular formula is C12H21N3O3. The summed E-state index contributed by atoms with van der Waals surface area (Å²) in [6, 6.07) is -0.605. The zero-order valence-electron chi connectivity index (χ0n) is 11.4. The van der Waals surface area contributed by atoms with Gasteiger partial charge in [-0.2, -0.15) is 0 Å². The fraction of sp³-hybridized carbons (Fsp3) is 0.750. The van der Waals surface area contributed by atoms with Gasteiger partial charge in [-0.05, 0) is 19.5 Å². The van der Waals surface area contributed by atoms with Crippen LogP contribution in [0.15, 0.2) is 0 Å². The SMILES string of the molecule is CCN(C)CCN1C(=O)NC(=O)C(C(C)C)C1=O. The van der Waals surface area contributed by atoms with Crippen LogP contribution in [0.1, 0.15) is 20.8 Å². The number of carbonyl (C=O) groups excluding carboxylic acids is 3. The minimum absolute atomic E-state index is 0.114. The molecule has 6 nitrogen and oxygen atoms in total. The Labute approximate surface area is 107 Å². The molecule has 1 aliphatic heterocycles. The van der Waals surface area contributed by atoms with Crippen LogP contribution in [0.3, 0.4) is 0 Å². The topological polar surface area (TPSA) is 69.7 Å². The van der Waals surface area contributed by atoms with Gasteiger partial charge in [0.05, 0.1) is 0 Å². The number of likely N-dealkylation sites (N-methyl/N-ethyl adjacent to an activating group) is 1. The van der Waals surface area contributed by atoms with E-state index in [1.54, 1.807) is 13.8 Å². The molecule has 0 aromatic carbocycles. The third kappa shape index (κ3) is 3.07. The molecule has 4 amide bonds. The number of nitrogens with one attached hydrogen (secondary N) is 1. The van der Waals surface area contributed by atoms with Crippen molar-refractivity contribution in [1.29, 1.82) is 0 Å². The average molecular weight is 255 g/mol. The predicted molar refractivity (Wildman–Crippen MR) is 66.8 cm³/mol. The number of rotatable bonds is 5. The Morgan fingerprint density at radius 3 is 2.44 bits per heavy atom. The first-order valence-electron chi connectivity index (χ1n) is 6.23. The van der Waals surface area contributed by atoms with Gasteiger partial charge in [0.1, 0.15) is 5.92 Å². The second kappa shape index (κ2) is 5.95. The molecule has 1 N–H and O–H groups in total. The van der Waals surface area contributed by atoms with Gasteiger partial charge >= 0.3 is 6.03 Å². The molecule has 0 radical (unpaired) electrons. The Morgan fingerprint density at radius 2 is 1.94 bits per heavy atom. The lowest BCUT2D eigenvalue weighted by Crippen LogP contribution is -2.60. The normalized spacial score (nSPS) is 20.9. The second-order valence-corrected chi connectivity index (χ2v) is 4.90. The maximum Gasteiger partial charge on any atom is 0.330 e. The summed E-state index contributed by atoms with van der Waals surface area (Å²) >= 11 is 0. The van der Waals surface area contributed by atoms with Crippen molar-refractivity contribution in [2.45, 2.75) is 20.8 Å². The molecule has 6 heteroatoms. The van der Waals surface area contributed by atoms with Crippen LogP contribution < -0.4 is 5.32 Å². The first kappa shape index (κ1) is 14.6. The van der Waals surface area contributed by atoms with E-state index in [0.29, 0.717) is 13.1 Å². The van der Waals surface area contributed by atoms with Crippen molar-refractivity contribution in [3.8, 4) is 0 Å². The minimum atomic E-state index is -0.755. The lowest BCUT2D eigenvalue weighted by atomic mass is 9.92. The smallest absolute Gasteiger partial charge is 0.305 e. The molecule has 1 saturated heterocycles. The van der Waals surface area contributed by atoms with E-state index in [-0.39, 0.29) is 11.8 Å². The quantitative estimate of drug-likeness (QED) is 0.717. The summed E-state index contributed by atoms with van der Waals surface area (Å²) < 4.78 is 0. The van der Waals surface area contributed by atoms with Crippen molar-refractivity contribution in [3.05, 3.63) is 0 Å². The Morgan fingerprint density at radius 1 is 1.33 bits per heavy atom. The van der Waals surface area contributed by atoms with Gasteiger partial charge in [-0.25, -0.2) is 4.79 Å². The first-order chi connectivity index (χ1) is 8.38. The number of hydrogen-bond donors (Lipinski definition) is 1. The molecule has 1 unspecified atom stereocenters. The molecule has 0 aromatic rings. The lowest BCUT2D eigenvalue weighted by Gasteiger charge is -2.32. The van der Waals surface area contributed by atoms with Gasteiger partial charge in [-0.15, -0.1) is 0 Å². The fourth-order valence-electron chi connectivity index (χ4n) is 1.86. The predicted octanol–water partition coefficient (Wildman–Crippen LogP) is 0.289. The highest BCUT2D eigenvalue weighted by molar-refractivity contribution is 6.16. The van der Waals surface area contributed by atoms with E-state index in [4.69, 9.17) is 0 Å². The van der Waals surface area contributed by atoms with Crippen molar-refractivity contribution in [2.24, 2.45) is 11.8 Å². The van der Waals surface area contributed by atoms with E-state index < -0.39 is 17.9 Å². The molecule has 0 bridgehead atoms. The van der Waals surface area contributed by atoms with Gasteiger partial charge < -0.3 is 4.90 Å². The van der Waals surface area contributed by atoms with E-state index >= 15 is 0 Å². The number of carbonyl (C=O) groups is 3. The summed E-state index contributed by atoms with van der Waals surface area (Å²) in [4.78, 5) is 38.5. The molecule has 1 aliphatic rings. The Bertz CT molecular complexity index is 354. The highest BCUT2D eigenvalue weighted by Crippen LogP contribution is 2.18. The average Bonchev–Trinajstić information content (AvgIpc) is 2.27. The monoisotopic (exact) mass is 255 g/mol. The third-order valence-corrected chi connectivity index (χ3v) is 3.20. The van der Waals surface area contributed by atoms with Crippen LogP contribution in [-0.4, -0.2) is 54.3 Å². The van der Waals surface area contributed by atoms with Gasteiger partial charge in [-0.1, -0.05) is 20.8 Å². The summed E-state index contributed by atoms with van der Waals surface area (Å²) in [7, 11) is 1.91. The van der Waals surface area contributed by atoms with Crippen LogP contribution in [0.5, 0.6) is 0 Å². The van der Waals surface area contributed by atoms with Crippen molar-refractivity contribution >= 4 is 17.8 Å². The summed E-state index contributed by atoms with van der Waals surface area (Å²) in [5, 5.41) is 2.24. The molecule has 1 atom stereocenters. The molecule has 0 aromatic heterocycles. The van der Waals surface area contributed by atoms with Crippen molar-refractivity contribution in [1.82, 2.24) is 15.1 Å². The zero-order chi connectivity index (χ0) is 13.9. The van der Waals surface area contributed by atoms with Crippen LogP contribution in [-0.2, 0) is 9.59 Å². The largest absolute Gasteiger partial charge is 0.330 e. The third-order valence-electron chi connectivity index (χ3n) is 3.20. The number of amides is 4. The molecule has 1 rings (SSSR count). The zero-order valence-corrected chi connectivity index (χ0v) is 11.4. The highest BCUT2D eigenvalue weighted by Gasteiger charge is 2.41. The summed E-state index contributed by atoms with van der Waals surface area (Å²) in [5.41, 5.74) is 0. The number of hydrogen-bond acceptors (Lipinski definition) is 4. The molecule has 1 fully saturated rings. The van der Waals surface area contributed by atoms with Crippen molar-refractivity contribution < 1.29 is 14.4 Å². The maximum absolute atomic E-state index is 12.1. The van der Waals surface area contributed by atoms with E-state index in [1.807, 2.05) is 18.9 Å². The molecule has 18 heavy (non-hydrogen) atoms. The van der Waals surface area contributed by atoms with Crippen LogP contribution in [0.25, 0.3) is 0 Å². The summed E-state index contributed by atoms with van der Waals surface area (Å²) in [6.45, 7) is 7.36. The Kier molecular flexibility index (Phi) is 4.84. The van der Waals surface area contributed by atoms with Gasteiger partial charge in [0, 0.05) is 13.1 Å². The summed E-state index contributed by atoms with van der Waals surface area (Å²) in [5.74, 6) is -1.74. The lowest BCUT2D eigenvalue weighted by molar-refractivity contribution is -0.144. The Balaban J connectivity index is 2.74. The van der Waals surface area contributed by atoms with Crippen LogP contribution >= 0.6 is 0 Å². The van der Waals surface area contributed by atoms with Crippen molar-refractivity contribution in [2.75, 3.05) is 26.7 Å². The second-order valence-electron chi connectivity index (χ2n) is 4.90. The van der Waals surface area contributed by atoms with E-state index in [0.717, 1.165) is 11.4 Å². The van der Waals surface area contributed by atoms with E-state index in [2.05, 4.69) is 5.32 Å². The molecule has 0 spiro atoms. The van der Waals surface area contributed by atoms with Gasteiger partial charge in [0.15, 0.2) is 0 Å². The van der Waals surface area contributed by atoms with Crippen LogP contribution in [0.4, 0.5) is 4.79 Å². The number of urea groups is 1. The Hall–Kier alpha value is -1.43. The molecule has 0 aliphatic carbocycles. The van der Waals surface area contributed by atoms with Gasteiger partial charge in [-0.3, -0.25) is 19.8 Å². The standard InChI is InChI=1S/C12H21N3O3/c1-5-14(4)6-7-15-11(17)9(8(2)3)10(16)13-12(15)18/h8-9H,5-7H2,1-4H3,(H,13,16,18). The number of imide groups is 2. The van der Waals surface area contributed by atoms with E-state index in [1.165, 1.54) is 0 Å². The summed E-state index contributed by atoms with van der Waals surface area (Å²) in [6.07, 6.45) is 0. The number of barbiturate groups is 1. The van der Waals surface area contributed by atoms with Gasteiger partial charge in [0.2, 0.25) is 11.8 Å². The maximum atomic E-state index is 12.1. The number of nitrogens with zero attached hydrogens (tertiary/aromatic N) is 2. The van der Waals surface area contributed by atoms with Crippen molar-refractivity contribution in [3.63, 3.8) is 0 Å². The molecule has 102 valence electrons. The molecule has 1 heterocycles. The van der Waals surface area contributed by atoms with Crippen LogP contribution in [0.2, 0.25) is 0 Å². The highest BCUT2D eigenvalue weighted by atomic mass is 16.2. The molecular weight excluding hydrogens is 234 g/mol. The van der Waals surface area contributed by atoms with Gasteiger partial charge in [0.25, 0.3) is 0 Å². The molecule has 0 saturated carbocycles. The first-order valence-corrected chi connectivity index (χ1v) is 6.23. The van der Waals surface area contributed by atoms with E-state index in [9.17, 15) is 14.4 Å². The fourth-order valence-corrected chi connectivity index (χ4v) is 1.86.